The van der Waals surface area contributed by atoms with Gasteiger partial charge in [0, 0.05) is 6.54 Å². The fraction of sp³-hybridized carbons (Fsp3) is 0.188. The number of aryl methyl sites for hydroxylation is 1. The summed E-state index contributed by atoms with van der Waals surface area (Å²) >= 11 is 0. The Kier molecular flexibility index (Phi) is 9.76. The summed E-state index contributed by atoms with van der Waals surface area (Å²) in [5.41, 5.74) is 2.87. The molecule has 0 aliphatic rings. The predicted octanol–water partition coefficient (Wildman–Crippen LogP) is 5.20. The molecule has 0 fully saturated rings. The number of rotatable bonds is 12. The number of carbonyl (C=O) groups excluding carboxylic acids is 2. The van der Waals surface area contributed by atoms with E-state index in [1.807, 2.05) is 44.2 Å². The van der Waals surface area contributed by atoms with Crippen molar-refractivity contribution in [2.24, 2.45) is 0 Å². The van der Waals surface area contributed by atoms with E-state index in [4.69, 9.17) is 4.74 Å². The number of hydrogen-bond donors (Lipinski definition) is 2. The average Bonchev–Trinajstić information content (AvgIpc) is 2.97. The number of amides is 2. The van der Waals surface area contributed by atoms with Crippen molar-refractivity contribution in [2.75, 3.05) is 29.3 Å². The van der Waals surface area contributed by atoms with Crippen molar-refractivity contribution < 1.29 is 22.7 Å². The molecule has 0 spiro atoms. The molecular formula is C32H33N3O5S. The van der Waals surface area contributed by atoms with E-state index in [1.54, 1.807) is 60.7 Å². The first-order valence-corrected chi connectivity index (χ1v) is 14.7. The van der Waals surface area contributed by atoms with Gasteiger partial charge in [0.05, 0.1) is 28.4 Å². The molecule has 212 valence electrons. The van der Waals surface area contributed by atoms with Crippen LogP contribution in [0.5, 0.6) is 5.75 Å². The fourth-order valence-electron chi connectivity index (χ4n) is 4.20. The third-order valence-electron chi connectivity index (χ3n) is 6.32. The summed E-state index contributed by atoms with van der Waals surface area (Å²) in [7, 11) is -4.10. The van der Waals surface area contributed by atoms with Gasteiger partial charge in [-0.1, -0.05) is 60.2 Å². The van der Waals surface area contributed by atoms with Crippen LogP contribution in [0.4, 0.5) is 11.4 Å². The van der Waals surface area contributed by atoms with Crippen LogP contribution in [-0.2, 0) is 21.2 Å². The Morgan fingerprint density at radius 1 is 0.829 bits per heavy atom. The smallest absolute Gasteiger partial charge is 0.264 e. The Morgan fingerprint density at radius 2 is 1.49 bits per heavy atom. The van der Waals surface area contributed by atoms with Crippen LogP contribution in [-0.4, -0.2) is 39.9 Å². The lowest BCUT2D eigenvalue weighted by Crippen LogP contribution is -2.38. The van der Waals surface area contributed by atoms with Gasteiger partial charge in [-0.15, -0.1) is 0 Å². The molecule has 2 amide bonds. The number of sulfonamides is 1. The van der Waals surface area contributed by atoms with Crippen molar-refractivity contribution in [2.45, 2.75) is 25.2 Å². The highest BCUT2D eigenvalue weighted by Crippen LogP contribution is 2.26. The number of benzene rings is 4. The topological polar surface area (TPSA) is 105 Å². The summed E-state index contributed by atoms with van der Waals surface area (Å²) in [5.74, 6) is -0.354. The Hall–Kier alpha value is -4.63. The molecule has 4 rings (SSSR count). The summed E-state index contributed by atoms with van der Waals surface area (Å²) in [6.07, 6.45) is 0.662. The van der Waals surface area contributed by atoms with Gasteiger partial charge in [0.15, 0.2) is 0 Å². The van der Waals surface area contributed by atoms with Crippen molar-refractivity contribution >= 4 is 33.2 Å². The fourth-order valence-corrected chi connectivity index (χ4v) is 5.62. The van der Waals surface area contributed by atoms with Gasteiger partial charge >= 0.3 is 0 Å². The highest BCUT2D eigenvalue weighted by molar-refractivity contribution is 7.92. The van der Waals surface area contributed by atoms with E-state index in [0.29, 0.717) is 31.0 Å². The third kappa shape index (κ3) is 7.73. The molecule has 0 saturated heterocycles. The van der Waals surface area contributed by atoms with Crippen molar-refractivity contribution in [3.63, 3.8) is 0 Å². The van der Waals surface area contributed by atoms with E-state index in [9.17, 15) is 18.0 Å². The van der Waals surface area contributed by atoms with Crippen LogP contribution in [0.25, 0.3) is 0 Å². The van der Waals surface area contributed by atoms with Crippen molar-refractivity contribution in [1.29, 1.82) is 0 Å². The third-order valence-corrected chi connectivity index (χ3v) is 8.11. The van der Waals surface area contributed by atoms with Gasteiger partial charge in [0.25, 0.3) is 15.9 Å². The highest BCUT2D eigenvalue weighted by Gasteiger charge is 2.28. The summed E-state index contributed by atoms with van der Waals surface area (Å²) in [6, 6.07) is 29.4. The van der Waals surface area contributed by atoms with Gasteiger partial charge in [-0.05, 0) is 74.4 Å². The molecule has 0 aliphatic carbocycles. The Balaban J connectivity index is 1.53. The zero-order valence-electron chi connectivity index (χ0n) is 23.0. The van der Waals surface area contributed by atoms with E-state index < -0.39 is 22.5 Å². The second-order valence-corrected chi connectivity index (χ2v) is 11.2. The lowest BCUT2D eigenvalue weighted by Gasteiger charge is -2.24. The largest absolute Gasteiger partial charge is 0.494 e. The average molecular weight is 572 g/mol. The normalized spacial score (nSPS) is 11.0. The lowest BCUT2D eigenvalue weighted by molar-refractivity contribution is -0.114. The maximum Gasteiger partial charge on any atom is 0.264 e. The molecule has 0 heterocycles. The van der Waals surface area contributed by atoms with Gasteiger partial charge in [-0.25, -0.2) is 8.42 Å². The Labute approximate surface area is 241 Å². The Bertz CT molecular complexity index is 1570. The van der Waals surface area contributed by atoms with E-state index in [1.165, 1.54) is 12.1 Å². The quantitative estimate of drug-likeness (QED) is 0.243. The first-order chi connectivity index (χ1) is 19.8. The van der Waals surface area contributed by atoms with Crippen LogP contribution >= 0.6 is 0 Å². The predicted molar refractivity (Wildman–Crippen MR) is 161 cm³/mol. The minimum absolute atomic E-state index is 0.0583. The lowest BCUT2D eigenvalue weighted by atomic mass is 10.1. The zero-order chi connectivity index (χ0) is 29.2. The molecule has 41 heavy (non-hydrogen) atoms. The summed E-state index contributed by atoms with van der Waals surface area (Å²) in [4.78, 5) is 26.3. The number of ether oxygens (including phenoxy) is 1. The second-order valence-electron chi connectivity index (χ2n) is 9.34. The monoisotopic (exact) mass is 571 g/mol. The molecule has 0 unspecified atom stereocenters. The minimum atomic E-state index is -4.10. The first kappa shape index (κ1) is 29.4. The number of nitrogens with zero attached hydrogens (tertiary/aromatic N) is 1. The van der Waals surface area contributed by atoms with E-state index in [2.05, 4.69) is 10.6 Å². The number of nitrogens with one attached hydrogen (secondary N) is 2. The van der Waals surface area contributed by atoms with Crippen molar-refractivity contribution in [3.05, 3.63) is 120 Å². The SMILES string of the molecule is CCOc1ccc(N(CC(=O)Nc2ccccc2C(=O)NCCc2ccccc2)S(=O)(=O)c2ccc(C)cc2)cc1. The van der Waals surface area contributed by atoms with E-state index >= 15 is 0 Å². The first-order valence-electron chi connectivity index (χ1n) is 13.3. The van der Waals surface area contributed by atoms with Gasteiger partial charge in [-0.3, -0.25) is 13.9 Å². The molecule has 2 N–H and O–H groups in total. The summed E-state index contributed by atoms with van der Waals surface area (Å²) < 4.78 is 33.9. The van der Waals surface area contributed by atoms with Crippen LogP contribution in [0.15, 0.2) is 108 Å². The van der Waals surface area contributed by atoms with Crippen LogP contribution in [0.3, 0.4) is 0 Å². The standard InChI is InChI=1S/C32H33N3O5S/c1-3-40-27-17-15-26(16-18-27)35(41(38,39)28-19-13-24(2)14-20-28)23-31(36)34-30-12-8-7-11-29(30)32(37)33-22-21-25-9-5-4-6-10-25/h4-20H,3,21-23H2,1-2H3,(H,33,37)(H,34,36). The van der Waals surface area contributed by atoms with E-state index in [0.717, 1.165) is 15.4 Å². The minimum Gasteiger partial charge on any atom is -0.494 e. The van der Waals surface area contributed by atoms with Crippen LogP contribution < -0.4 is 19.7 Å². The number of hydrogen-bond acceptors (Lipinski definition) is 5. The van der Waals surface area contributed by atoms with Crippen molar-refractivity contribution in [3.8, 4) is 5.75 Å². The molecule has 0 atom stereocenters. The summed E-state index contributed by atoms with van der Waals surface area (Å²) in [6.45, 7) is 4.10. The molecule has 0 radical (unpaired) electrons. The van der Waals surface area contributed by atoms with Crippen molar-refractivity contribution in [1.82, 2.24) is 5.32 Å². The zero-order valence-corrected chi connectivity index (χ0v) is 23.9. The highest BCUT2D eigenvalue weighted by atomic mass is 32.2. The maximum atomic E-state index is 13.7. The molecule has 0 bridgehead atoms. The van der Waals surface area contributed by atoms with Crippen LogP contribution in [0.1, 0.15) is 28.4 Å². The van der Waals surface area contributed by atoms with Gasteiger partial charge < -0.3 is 15.4 Å². The van der Waals surface area contributed by atoms with Gasteiger partial charge in [0.1, 0.15) is 12.3 Å². The molecule has 9 heteroatoms. The molecule has 4 aromatic rings. The van der Waals surface area contributed by atoms with Crippen LogP contribution in [0.2, 0.25) is 0 Å². The molecule has 8 nitrogen and oxygen atoms in total. The number of para-hydroxylation sites is 1. The molecule has 4 aromatic carbocycles. The molecule has 0 saturated carbocycles. The molecule has 0 aliphatic heterocycles. The van der Waals surface area contributed by atoms with Crippen LogP contribution in [0, 0.1) is 6.92 Å². The molecule has 0 aromatic heterocycles. The molecular weight excluding hydrogens is 538 g/mol. The van der Waals surface area contributed by atoms with Gasteiger partial charge in [0.2, 0.25) is 5.91 Å². The number of anilines is 2. The number of carbonyl (C=O) groups is 2. The summed E-state index contributed by atoms with van der Waals surface area (Å²) in [5, 5.41) is 5.62. The Morgan fingerprint density at radius 3 is 2.17 bits per heavy atom. The van der Waals surface area contributed by atoms with E-state index in [-0.39, 0.29) is 22.1 Å². The van der Waals surface area contributed by atoms with Gasteiger partial charge in [-0.2, -0.15) is 0 Å². The second kappa shape index (κ2) is 13.6. The maximum absolute atomic E-state index is 13.7.